The highest BCUT2D eigenvalue weighted by Crippen LogP contribution is 2.45. The summed E-state index contributed by atoms with van der Waals surface area (Å²) in [7, 11) is 0. The van der Waals surface area contributed by atoms with Gasteiger partial charge in [-0.25, -0.2) is 0 Å². The Morgan fingerprint density at radius 1 is 1.06 bits per heavy atom. The van der Waals surface area contributed by atoms with Gasteiger partial charge in [-0.2, -0.15) is 0 Å². The maximum absolute atomic E-state index is 12.3. The van der Waals surface area contributed by atoms with Gasteiger partial charge >= 0.3 is 0 Å². The molecule has 3 heterocycles. The number of phenols is 1. The van der Waals surface area contributed by atoms with Gasteiger partial charge in [0.25, 0.3) is 5.91 Å². The number of para-hydroxylation sites is 1. The summed E-state index contributed by atoms with van der Waals surface area (Å²) in [6.45, 7) is 4.32. The lowest BCUT2D eigenvalue weighted by Crippen LogP contribution is -2.15. The number of primary amides is 1. The van der Waals surface area contributed by atoms with E-state index in [1.165, 1.54) is 0 Å². The van der Waals surface area contributed by atoms with Crippen molar-refractivity contribution in [1.29, 1.82) is 0 Å². The van der Waals surface area contributed by atoms with Gasteiger partial charge in [0.1, 0.15) is 5.75 Å². The first kappa shape index (κ1) is 22.9. The largest absolute Gasteiger partial charge is 0.507 e. The second-order valence-electron chi connectivity index (χ2n) is 9.27. The van der Waals surface area contributed by atoms with Crippen molar-refractivity contribution in [3.63, 3.8) is 0 Å². The van der Waals surface area contributed by atoms with Crippen LogP contribution in [-0.2, 0) is 12.8 Å². The van der Waals surface area contributed by atoms with E-state index in [1.807, 2.05) is 30.5 Å². The van der Waals surface area contributed by atoms with Crippen LogP contribution in [0.2, 0.25) is 0 Å². The van der Waals surface area contributed by atoms with Crippen molar-refractivity contribution in [1.82, 2.24) is 15.2 Å². The number of aromatic nitrogens is 3. The zero-order valence-electron chi connectivity index (χ0n) is 20.2. The first-order chi connectivity index (χ1) is 17.0. The third-order valence-corrected chi connectivity index (χ3v) is 6.89. The minimum atomic E-state index is -0.608. The maximum Gasteiger partial charge on any atom is 0.269 e. The number of hydrogen-bond donors (Lipinski definition) is 4. The molecule has 1 unspecified atom stereocenters. The third kappa shape index (κ3) is 4.01. The molecule has 7 heteroatoms. The number of nitrogens with two attached hydrogens (primary N) is 1. The number of phenolic OH excluding ortho intramolecular Hbond substituents is 1. The molecule has 1 atom stereocenters. The Balaban J connectivity index is 1.76. The van der Waals surface area contributed by atoms with Crippen LogP contribution in [0.25, 0.3) is 22.2 Å². The zero-order valence-corrected chi connectivity index (χ0v) is 20.2. The highest BCUT2D eigenvalue weighted by atomic mass is 16.3. The number of unbranched alkanes of at least 4 members (excludes halogenated alkanes) is 2. The number of nitrogens with zero attached hydrogens (tertiary/aromatic N) is 2. The first-order valence-electron chi connectivity index (χ1n) is 12.4. The Bertz CT molecular complexity index is 1380. The van der Waals surface area contributed by atoms with Gasteiger partial charge in [0.15, 0.2) is 11.3 Å². The molecular weight excluding hydrogens is 438 g/mol. The number of hydrogen-bond acceptors (Lipinski definition) is 5. The molecule has 2 aromatic heterocycles. The van der Waals surface area contributed by atoms with E-state index in [-0.39, 0.29) is 11.7 Å². The molecule has 1 amide bonds. The van der Waals surface area contributed by atoms with Crippen LogP contribution >= 0.6 is 0 Å². The molecule has 7 nitrogen and oxygen atoms in total. The summed E-state index contributed by atoms with van der Waals surface area (Å²) in [4.78, 5) is 15.6. The number of amides is 1. The lowest BCUT2D eigenvalue weighted by molar-refractivity contribution is 0.0995. The fourth-order valence-electron chi connectivity index (χ4n) is 5.09. The van der Waals surface area contributed by atoms with Gasteiger partial charge in [-0.3, -0.25) is 4.79 Å². The molecule has 0 spiro atoms. The van der Waals surface area contributed by atoms with Crippen molar-refractivity contribution in [2.24, 2.45) is 5.73 Å². The van der Waals surface area contributed by atoms with Gasteiger partial charge < -0.3 is 21.1 Å². The van der Waals surface area contributed by atoms with E-state index in [4.69, 9.17) is 5.73 Å². The molecule has 1 aliphatic heterocycles. The van der Waals surface area contributed by atoms with Gasteiger partial charge in [0, 0.05) is 34.0 Å². The molecule has 0 fully saturated rings. The van der Waals surface area contributed by atoms with Crippen LogP contribution in [0, 0.1) is 0 Å². The zero-order chi connectivity index (χ0) is 24.5. The second kappa shape index (κ2) is 9.41. The smallest absolute Gasteiger partial charge is 0.269 e. The lowest BCUT2D eigenvalue weighted by atomic mass is 9.91. The molecule has 0 radical (unpaired) electrons. The number of aryl methyl sites for hydroxylation is 2. The van der Waals surface area contributed by atoms with E-state index in [2.05, 4.69) is 46.5 Å². The molecule has 0 aliphatic carbocycles. The summed E-state index contributed by atoms with van der Waals surface area (Å²) in [6.07, 6.45) is 7.73. The average Bonchev–Trinajstić information content (AvgIpc) is 3.23. The summed E-state index contributed by atoms with van der Waals surface area (Å²) in [5.74, 6) is -0.186. The average molecular weight is 470 g/mol. The highest BCUT2D eigenvalue weighted by Gasteiger charge is 2.30. The van der Waals surface area contributed by atoms with E-state index < -0.39 is 5.91 Å². The van der Waals surface area contributed by atoms with Crippen LogP contribution in [0.1, 0.15) is 78.3 Å². The monoisotopic (exact) mass is 469 g/mol. The third-order valence-electron chi connectivity index (χ3n) is 6.89. The van der Waals surface area contributed by atoms with E-state index in [1.54, 1.807) is 0 Å². The normalized spacial score (nSPS) is 14.4. The Kier molecular flexibility index (Phi) is 6.16. The van der Waals surface area contributed by atoms with E-state index in [0.717, 1.165) is 77.4 Å². The molecule has 0 saturated carbocycles. The number of benzene rings is 2. The van der Waals surface area contributed by atoms with Crippen molar-refractivity contribution in [2.45, 2.75) is 58.4 Å². The minimum absolute atomic E-state index is 0.159. The quantitative estimate of drug-likeness (QED) is 0.267. The van der Waals surface area contributed by atoms with Crippen LogP contribution in [-0.4, -0.2) is 26.2 Å². The summed E-state index contributed by atoms with van der Waals surface area (Å²) in [5, 5.41) is 24.0. The van der Waals surface area contributed by atoms with E-state index in [0.29, 0.717) is 17.0 Å². The SMILES string of the molecule is CCCCc1cc(C2Nc3ccccc3-c3c(C(N)=O)nnc4[nH]cc2c34)cc(CCCC)c1O. The first-order valence-corrected chi connectivity index (χ1v) is 12.4. The van der Waals surface area contributed by atoms with Crippen molar-refractivity contribution in [3.05, 3.63) is 70.5 Å². The van der Waals surface area contributed by atoms with Crippen LogP contribution in [0.15, 0.2) is 42.6 Å². The summed E-state index contributed by atoms with van der Waals surface area (Å²) in [5.41, 5.74) is 12.9. The van der Waals surface area contributed by atoms with Crippen molar-refractivity contribution in [2.75, 3.05) is 5.32 Å². The van der Waals surface area contributed by atoms with Crippen LogP contribution < -0.4 is 11.1 Å². The number of carbonyl (C=O) groups is 1. The summed E-state index contributed by atoms with van der Waals surface area (Å²) in [6, 6.07) is 11.9. The van der Waals surface area contributed by atoms with Crippen LogP contribution in [0.3, 0.4) is 0 Å². The predicted octanol–water partition coefficient (Wildman–Crippen LogP) is 5.63. The second-order valence-corrected chi connectivity index (χ2v) is 9.27. The molecule has 180 valence electrons. The number of fused-ring (bicyclic) bond motifs is 2. The molecule has 5 N–H and O–H groups in total. The molecule has 35 heavy (non-hydrogen) atoms. The van der Waals surface area contributed by atoms with Crippen molar-refractivity contribution >= 4 is 22.6 Å². The fourth-order valence-corrected chi connectivity index (χ4v) is 5.09. The van der Waals surface area contributed by atoms with E-state index in [9.17, 15) is 9.90 Å². The van der Waals surface area contributed by atoms with Gasteiger partial charge in [0.05, 0.1) is 6.04 Å². The molecule has 1 aliphatic rings. The van der Waals surface area contributed by atoms with Crippen LogP contribution in [0.4, 0.5) is 5.69 Å². The van der Waals surface area contributed by atoms with Gasteiger partial charge in [-0.1, -0.05) is 44.9 Å². The summed E-state index contributed by atoms with van der Waals surface area (Å²) >= 11 is 0. The number of carbonyl (C=O) groups excluding carboxylic acids is 1. The number of nitrogens with one attached hydrogen (secondary N) is 2. The number of H-pyrrole nitrogens is 1. The molecule has 0 saturated heterocycles. The molecule has 0 bridgehead atoms. The predicted molar refractivity (Wildman–Crippen MR) is 139 cm³/mol. The fraction of sp³-hybridized carbons (Fsp3) is 0.321. The number of aromatic amines is 1. The maximum atomic E-state index is 12.3. The number of rotatable bonds is 8. The van der Waals surface area contributed by atoms with Gasteiger partial charge in [-0.15, -0.1) is 10.2 Å². The molecule has 2 aromatic carbocycles. The minimum Gasteiger partial charge on any atom is -0.507 e. The Morgan fingerprint density at radius 3 is 2.40 bits per heavy atom. The van der Waals surface area contributed by atoms with Crippen LogP contribution in [0.5, 0.6) is 5.75 Å². The van der Waals surface area contributed by atoms with Crippen molar-refractivity contribution < 1.29 is 9.90 Å². The standard InChI is InChI=1S/C28H31N5O2/c1-3-5-9-16-13-18(14-17(26(16)34)10-6-4-2)24-20-15-30-28-23(20)22(25(27(29)35)32-33-28)19-11-7-8-12-21(19)31-24/h7-8,11-15,24,31,34H,3-6,9-10H2,1-2H3,(H2,29,35)(H,30,33). The molecular formula is C28H31N5O2. The van der Waals surface area contributed by atoms with Gasteiger partial charge in [-0.05, 0) is 60.6 Å². The molecule has 4 aromatic rings. The lowest BCUT2D eigenvalue weighted by Gasteiger charge is -2.22. The van der Waals surface area contributed by atoms with Crippen molar-refractivity contribution in [3.8, 4) is 16.9 Å². The Hall–Kier alpha value is -3.87. The Labute approximate surface area is 204 Å². The summed E-state index contributed by atoms with van der Waals surface area (Å²) < 4.78 is 0. The molecule has 5 rings (SSSR count). The van der Waals surface area contributed by atoms with Gasteiger partial charge in [0.2, 0.25) is 0 Å². The number of aromatic hydroxyl groups is 1. The highest BCUT2D eigenvalue weighted by molar-refractivity contribution is 6.10. The Morgan fingerprint density at radius 2 is 1.74 bits per heavy atom. The van der Waals surface area contributed by atoms with E-state index >= 15 is 0 Å². The topological polar surface area (TPSA) is 117 Å². The number of anilines is 1.